The first-order valence-corrected chi connectivity index (χ1v) is 12.5. The monoisotopic (exact) mass is 481 g/mol. The zero-order valence-corrected chi connectivity index (χ0v) is 20.6. The molecule has 2 unspecified atom stereocenters. The fourth-order valence-corrected chi connectivity index (χ4v) is 4.99. The molecule has 1 aliphatic rings. The molecule has 6 nitrogen and oxygen atoms in total. The van der Waals surface area contributed by atoms with E-state index >= 15 is 0 Å². The first-order chi connectivity index (χ1) is 17.5. The van der Waals surface area contributed by atoms with Crippen molar-refractivity contribution in [3.63, 3.8) is 0 Å². The number of amides is 2. The van der Waals surface area contributed by atoms with Gasteiger partial charge in [-0.1, -0.05) is 31.9 Å². The predicted octanol–water partition coefficient (Wildman–Crippen LogP) is 6.86. The Hall–Kier alpha value is -4.06. The van der Waals surface area contributed by atoms with Crippen molar-refractivity contribution in [3.05, 3.63) is 78.4 Å². The quantitative estimate of drug-likeness (QED) is 0.281. The number of hydrogen-bond acceptors (Lipinski definition) is 3. The topological polar surface area (TPSA) is 83.2 Å². The maximum atomic E-state index is 12.7. The molecule has 2 atom stereocenters. The molecule has 3 aromatic carbocycles. The number of H-pyrrole nitrogens is 1. The van der Waals surface area contributed by atoms with Crippen LogP contribution < -0.4 is 15.4 Å². The molecular weight excluding hydrogens is 450 g/mol. The number of nitrogens with one attached hydrogen (secondary N) is 3. The lowest BCUT2D eigenvalue weighted by Crippen LogP contribution is -2.30. The highest BCUT2D eigenvalue weighted by Crippen LogP contribution is 2.31. The minimum Gasteiger partial charge on any atom is -0.497 e. The van der Waals surface area contributed by atoms with Crippen molar-refractivity contribution in [2.45, 2.75) is 32.6 Å². The third-order valence-corrected chi connectivity index (χ3v) is 7.14. The van der Waals surface area contributed by atoms with Crippen molar-refractivity contribution < 1.29 is 14.3 Å². The average Bonchev–Trinajstić information content (AvgIpc) is 3.33. The molecule has 1 aliphatic carbocycles. The van der Waals surface area contributed by atoms with Crippen molar-refractivity contribution in [3.8, 4) is 17.0 Å². The number of carbonyl (C=O) groups excluding carboxylic acids is 2. The lowest BCUT2D eigenvalue weighted by molar-refractivity contribution is -0.122. The van der Waals surface area contributed by atoms with E-state index in [4.69, 9.17) is 4.74 Å². The fourth-order valence-electron chi connectivity index (χ4n) is 4.99. The molecule has 0 saturated heterocycles. The number of methoxy groups -OCH3 is 1. The van der Waals surface area contributed by atoms with Crippen LogP contribution in [0.5, 0.6) is 5.75 Å². The summed E-state index contributed by atoms with van der Waals surface area (Å²) >= 11 is 0. The van der Waals surface area contributed by atoms with Crippen LogP contribution in [0.4, 0.5) is 11.4 Å². The summed E-state index contributed by atoms with van der Waals surface area (Å²) in [5, 5.41) is 7.06. The van der Waals surface area contributed by atoms with Gasteiger partial charge in [0.05, 0.1) is 7.11 Å². The van der Waals surface area contributed by atoms with E-state index in [1.165, 1.54) is 6.42 Å². The molecule has 3 N–H and O–H groups in total. The van der Waals surface area contributed by atoms with Gasteiger partial charge in [0.15, 0.2) is 0 Å². The number of anilines is 2. The number of ether oxygens (including phenoxy) is 1. The Labute approximate surface area is 211 Å². The Kier molecular flexibility index (Phi) is 6.76. The molecule has 0 spiro atoms. The highest BCUT2D eigenvalue weighted by molar-refractivity contribution is 6.05. The highest BCUT2D eigenvalue weighted by Gasteiger charge is 2.27. The molecule has 4 aromatic rings. The van der Waals surface area contributed by atoms with Crippen molar-refractivity contribution >= 4 is 34.1 Å². The Bertz CT molecular complexity index is 1370. The lowest BCUT2D eigenvalue weighted by Gasteiger charge is -2.27. The Morgan fingerprint density at radius 3 is 2.31 bits per heavy atom. The molecule has 36 heavy (non-hydrogen) atoms. The van der Waals surface area contributed by atoms with Crippen LogP contribution in [0.15, 0.2) is 72.8 Å². The third kappa shape index (κ3) is 5.13. The van der Waals surface area contributed by atoms with E-state index in [0.717, 1.165) is 52.8 Å². The summed E-state index contributed by atoms with van der Waals surface area (Å²) in [6.07, 6.45) is 4.46. The molecule has 0 bridgehead atoms. The van der Waals surface area contributed by atoms with Crippen LogP contribution in [0.2, 0.25) is 0 Å². The van der Waals surface area contributed by atoms with Crippen molar-refractivity contribution in [1.29, 1.82) is 0 Å². The van der Waals surface area contributed by atoms with Gasteiger partial charge in [0.25, 0.3) is 5.91 Å². The van der Waals surface area contributed by atoms with Crippen LogP contribution in [0.1, 0.15) is 43.0 Å². The zero-order chi connectivity index (χ0) is 25.1. The molecule has 2 amide bonds. The van der Waals surface area contributed by atoms with Gasteiger partial charge in [-0.05, 0) is 85.0 Å². The van der Waals surface area contributed by atoms with Crippen LogP contribution in [0, 0.1) is 11.8 Å². The van der Waals surface area contributed by atoms with Gasteiger partial charge >= 0.3 is 0 Å². The van der Waals surface area contributed by atoms with E-state index in [-0.39, 0.29) is 17.7 Å². The van der Waals surface area contributed by atoms with E-state index in [2.05, 4.69) is 28.6 Å². The zero-order valence-electron chi connectivity index (χ0n) is 20.6. The van der Waals surface area contributed by atoms with Crippen molar-refractivity contribution in [2.75, 3.05) is 17.7 Å². The van der Waals surface area contributed by atoms with Crippen LogP contribution in [0.25, 0.3) is 22.2 Å². The molecule has 184 valence electrons. The van der Waals surface area contributed by atoms with Gasteiger partial charge in [-0.25, -0.2) is 0 Å². The molecule has 6 heteroatoms. The van der Waals surface area contributed by atoms with E-state index in [1.807, 2.05) is 42.5 Å². The first kappa shape index (κ1) is 23.7. The van der Waals surface area contributed by atoms with E-state index in [9.17, 15) is 9.59 Å². The number of benzene rings is 3. The van der Waals surface area contributed by atoms with Gasteiger partial charge in [0, 0.05) is 39.5 Å². The number of fused-ring (bicyclic) bond motifs is 1. The lowest BCUT2D eigenvalue weighted by atomic mass is 9.80. The number of rotatable bonds is 6. The predicted molar refractivity (Wildman–Crippen MR) is 144 cm³/mol. The van der Waals surface area contributed by atoms with Gasteiger partial charge in [-0.2, -0.15) is 0 Å². The Morgan fingerprint density at radius 1 is 0.861 bits per heavy atom. The molecular formula is C30H31N3O3. The van der Waals surface area contributed by atoms with Gasteiger partial charge in [0.1, 0.15) is 5.75 Å². The summed E-state index contributed by atoms with van der Waals surface area (Å²) in [4.78, 5) is 28.8. The van der Waals surface area contributed by atoms with E-state index in [0.29, 0.717) is 17.2 Å². The summed E-state index contributed by atoms with van der Waals surface area (Å²) in [5.41, 5.74) is 5.10. The molecule has 1 saturated carbocycles. The number of hydrogen-bond donors (Lipinski definition) is 3. The summed E-state index contributed by atoms with van der Waals surface area (Å²) in [6.45, 7) is 2.18. The second kappa shape index (κ2) is 10.3. The van der Waals surface area contributed by atoms with Crippen molar-refractivity contribution in [1.82, 2.24) is 4.98 Å². The average molecular weight is 482 g/mol. The van der Waals surface area contributed by atoms with Gasteiger partial charge in [0.2, 0.25) is 5.91 Å². The van der Waals surface area contributed by atoms with Crippen LogP contribution in [0.3, 0.4) is 0 Å². The maximum absolute atomic E-state index is 12.7. The SMILES string of the molecule is COc1ccc(C(=O)Nc2ccc3[nH]c(-c4ccc(NC(=O)C5CCCCC5C)cc4)cc3c2)cc1. The largest absolute Gasteiger partial charge is 0.497 e. The molecule has 5 rings (SSSR count). The van der Waals surface area contributed by atoms with E-state index in [1.54, 1.807) is 31.4 Å². The summed E-state index contributed by atoms with van der Waals surface area (Å²) in [7, 11) is 1.60. The van der Waals surface area contributed by atoms with Gasteiger partial charge in [-0.15, -0.1) is 0 Å². The summed E-state index contributed by atoms with van der Waals surface area (Å²) < 4.78 is 5.15. The summed E-state index contributed by atoms with van der Waals surface area (Å²) in [5.74, 6) is 1.21. The van der Waals surface area contributed by atoms with Crippen LogP contribution >= 0.6 is 0 Å². The number of aromatic amines is 1. The highest BCUT2D eigenvalue weighted by atomic mass is 16.5. The standard InChI is InChI=1S/C30H31N3O3/c1-19-5-3-4-6-26(19)30(35)31-23-11-7-20(8-12-23)28-18-22-17-24(13-16-27(22)33-28)32-29(34)21-9-14-25(36-2)15-10-21/h7-19,26,33H,3-6H2,1-2H3,(H,31,35)(H,32,34). The molecule has 0 radical (unpaired) electrons. The number of aromatic nitrogens is 1. The van der Waals surface area contributed by atoms with Crippen LogP contribution in [-0.2, 0) is 4.79 Å². The second-order valence-electron chi connectivity index (χ2n) is 9.60. The normalized spacial score (nSPS) is 17.5. The Balaban J connectivity index is 1.27. The van der Waals surface area contributed by atoms with Crippen molar-refractivity contribution in [2.24, 2.45) is 11.8 Å². The fraction of sp³-hybridized carbons (Fsp3) is 0.267. The minimum atomic E-state index is -0.173. The first-order valence-electron chi connectivity index (χ1n) is 12.5. The molecule has 1 aromatic heterocycles. The second-order valence-corrected chi connectivity index (χ2v) is 9.60. The molecule has 1 fully saturated rings. The van der Waals surface area contributed by atoms with Crippen LogP contribution in [-0.4, -0.2) is 23.9 Å². The minimum absolute atomic E-state index is 0.103. The third-order valence-electron chi connectivity index (χ3n) is 7.14. The van der Waals surface area contributed by atoms with Gasteiger partial charge in [-0.3, -0.25) is 9.59 Å². The molecule has 0 aliphatic heterocycles. The van der Waals surface area contributed by atoms with E-state index < -0.39 is 0 Å². The number of carbonyl (C=O) groups is 2. The van der Waals surface area contributed by atoms with Gasteiger partial charge < -0.3 is 20.4 Å². The molecule has 1 heterocycles. The maximum Gasteiger partial charge on any atom is 0.255 e. The smallest absolute Gasteiger partial charge is 0.255 e. The Morgan fingerprint density at radius 2 is 1.58 bits per heavy atom. The summed E-state index contributed by atoms with van der Waals surface area (Å²) in [6, 6.07) is 22.8.